The van der Waals surface area contributed by atoms with Crippen molar-refractivity contribution in [2.45, 2.75) is 38.1 Å². The van der Waals surface area contributed by atoms with Crippen LogP contribution in [0.2, 0.25) is 0 Å². The third kappa shape index (κ3) is 4.50. The first-order valence-electron chi connectivity index (χ1n) is 10.7. The van der Waals surface area contributed by atoms with E-state index in [2.05, 4.69) is 51.9 Å². The molecule has 0 radical (unpaired) electrons. The molecule has 0 amide bonds. The summed E-state index contributed by atoms with van der Waals surface area (Å²) >= 11 is 0. The van der Waals surface area contributed by atoms with E-state index >= 15 is 0 Å². The van der Waals surface area contributed by atoms with Crippen LogP contribution in [0.25, 0.3) is 11.3 Å². The number of benzene rings is 2. The molecule has 2 N–H and O–H groups in total. The number of piperidine rings is 1. The SMILES string of the molecule is c1ccc(-c2cc(Nc3ccc(N4CCCCC4)cc3)nc(NC3CC3)n2)cc1. The minimum absolute atomic E-state index is 0.512. The van der Waals surface area contributed by atoms with Crippen LogP contribution in [-0.2, 0) is 0 Å². The summed E-state index contributed by atoms with van der Waals surface area (Å²) in [5, 5.41) is 6.90. The molecular weight excluding hydrogens is 358 g/mol. The lowest BCUT2D eigenvalue weighted by Gasteiger charge is -2.28. The zero-order valence-electron chi connectivity index (χ0n) is 16.6. The molecule has 3 aromatic rings. The smallest absolute Gasteiger partial charge is 0.225 e. The van der Waals surface area contributed by atoms with Crippen LogP contribution in [0.1, 0.15) is 32.1 Å². The van der Waals surface area contributed by atoms with Gasteiger partial charge in [0, 0.05) is 42.1 Å². The molecular formula is C24H27N5. The van der Waals surface area contributed by atoms with Crippen LogP contribution >= 0.6 is 0 Å². The van der Waals surface area contributed by atoms with Crippen molar-refractivity contribution in [3.8, 4) is 11.3 Å². The van der Waals surface area contributed by atoms with Crippen LogP contribution in [0, 0.1) is 0 Å². The number of nitrogens with zero attached hydrogens (tertiary/aromatic N) is 3. The average Bonchev–Trinajstić information content (AvgIpc) is 3.59. The molecule has 0 atom stereocenters. The van der Waals surface area contributed by atoms with E-state index in [1.165, 1.54) is 37.8 Å². The summed E-state index contributed by atoms with van der Waals surface area (Å²) in [6.45, 7) is 2.32. The van der Waals surface area contributed by atoms with Gasteiger partial charge in [0.2, 0.25) is 5.95 Å². The summed E-state index contributed by atoms with van der Waals surface area (Å²) in [5.41, 5.74) is 4.37. The predicted octanol–water partition coefficient (Wildman–Crippen LogP) is 5.45. The molecule has 29 heavy (non-hydrogen) atoms. The van der Waals surface area contributed by atoms with Gasteiger partial charge in [-0.15, -0.1) is 0 Å². The van der Waals surface area contributed by atoms with Crippen LogP contribution < -0.4 is 15.5 Å². The fourth-order valence-electron chi connectivity index (χ4n) is 3.80. The minimum Gasteiger partial charge on any atom is -0.372 e. The van der Waals surface area contributed by atoms with Crippen molar-refractivity contribution in [1.29, 1.82) is 0 Å². The van der Waals surface area contributed by atoms with Gasteiger partial charge in [0.15, 0.2) is 0 Å². The molecule has 5 heteroatoms. The van der Waals surface area contributed by atoms with E-state index in [1.807, 2.05) is 24.3 Å². The Kier molecular flexibility index (Phi) is 5.03. The molecule has 148 valence electrons. The molecule has 2 aliphatic rings. The zero-order valence-corrected chi connectivity index (χ0v) is 16.6. The maximum Gasteiger partial charge on any atom is 0.225 e. The van der Waals surface area contributed by atoms with Crippen LogP contribution in [-0.4, -0.2) is 29.1 Å². The lowest BCUT2D eigenvalue weighted by molar-refractivity contribution is 0.578. The number of aromatic nitrogens is 2. The maximum atomic E-state index is 4.73. The van der Waals surface area contributed by atoms with Gasteiger partial charge in [0.05, 0.1) is 5.69 Å². The normalized spacial score (nSPS) is 16.5. The second kappa shape index (κ2) is 8.11. The van der Waals surface area contributed by atoms with Gasteiger partial charge in [-0.25, -0.2) is 4.98 Å². The van der Waals surface area contributed by atoms with Crippen molar-refractivity contribution in [3.05, 3.63) is 60.7 Å². The summed E-state index contributed by atoms with van der Waals surface area (Å²) in [4.78, 5) is 11.9. The number of rotatable bonds is 6. The summed E-state index contributed by atoms with van der Waals surface area (Å²) in [6, 6.07) is 21.5. The largest absolute Gasteiger partial charge is 0.372 e. The van der Waals surface area contributed by atoms with E-state index in [0.717, 1.165) is 35.9 Å². The highest BCUT2D eigenvalue weighted by molar-refractivity contribution is 5.68. The highest BCUT2D eigenvalue weighted by Crippen LogP contribution is 2.28. The minimum atomic E-state index is 0.512. The van der Waals surface area contributed by atoms with E-state index in [0.29, 0.717) is 12.0 Å². The molecule has 0 unspecified atom stereocenters. The van der Waals surface area contributed by atoms with Gasteiger partial charge in [-0.3, -0.25) is 0 Å². The molecule has 1 aliphatic carbocycles. The van der Waals surface area contributed by atoms with Gasteiger partial charge in [-0.1, -0.05) is 30.3 Å². The summed E-state index contributed by atoms with van der Waals surface area (Å²) < 4.78 is 0. The molecule has 0 bridgehead atoms. The Balaban J connectivity index is 1.38. The van der Waals surface area contributed by atoms with Gasteiger partial charge < -0.3 is 15.5 Å². The molecule has 2 heterocycles. The molecule has 0 spiro atoms. The Morgan fingerprint density at radius 1 is 0.828 bits per heavy atom. The van der Waals surface area contributed by atoms with Crippen molar-refractivity contribution in [1.82, 2.24) is 9.97 Å². The number of anilines is 4. The van der Waals surface area contributed by atoms with Gasteiger partial charge in [0.25, 0.3) is 0 Å². The highest BCUT2D eigenvalue weighted by Gasteiger charge is 2.22. The van der Waals surface area contributed by atoms with Crippen LogP contribution in [0.4, 0.5) is 23.1 Å². The van der Waals surface area contributed by atoms with Gasteiger partial charge in [0.1, 0.15) is 5.82 Å². The fourth-order valence-corrected chi connectivity index (χ4v) is 3.80. The first-order chi connectivity index (χ1) is 14.3. The number of nitrogens with one attached hydrogen (secondary N) is 2. The van der Waals surface area contributed by atoms with Crippen LogP contribution in [0.3, 0.4) is 0 Å². The van der Waals surface area contributed by atoms with E-state index in [4.69, 9.17) is 9.97 Å². The van der Waals surface area contributed by atoms with Crippen molar-refractivity contribution >= 4 is 23.1 Å². The number of hydrogen-bond donors (Lipinski definition) is 2. The van der Waals surface area contributed by atoms with Crippen molar-refractivity contribution in [2.24, 2.45) is 0 Å². The fraction of sp³-hybridized carbons (Fsp3) is 0.333. The highest BCUT2D eigenvalue weighted by atomic mass is 15.2. The van der Waals surface area contributed by atoms with E-state index in [1.54, 1.807) is 0 Å². The second-order valence-corrected chi connectivity index (χ2v) is 7.97. The van der Waals surface area contributed by atoms with E-state index in [9.17, 15) is 0 Å². The Labute approximate surface area is 172 Å². The summed E-state index contributed by atoms with van der Waals surface area (Å²) in [7, 11) is 0. The maximum absolute atomic E-state index is 4.73. The van der Waals surface area contributed by atoms with Crippen molar-refractivity contribution in [3.63, 3.8) is 0 Å². The lowest BCUT2D eigenvalue weighted by Crippen LogP contribution is -2.29. The first-order valence-corrected chi connectivity index (χ1v) is 10.7. The van der Waals surface area contributed by atoms with Crippen LogP contribution in [0.15, 0.2) is 60.7 Å². The molecule has 1 aromatic heterocycles. The molecule has 2 fully saturated rings. The van der Waals surface area contributed by atoms with Gasteiger partial charge in [-0.05, 0) is 56.4 Å². The Hall–Kier alpha value is -3.08. The number of hydrogen-bond acceptors (Lipinski definition) is 5. The van der Waals surface area contributed by atoms with Crippen molar-refractivity contribution < 1.29 is 0 Å². The Morgan fingerprint density at radius 3 is 2.31 bits per heavy atom. The van der Waals surface area contributed by atoms with Crippen molar-refractivity contribution in [2.75, 3.05) is 28.6 Å². The zero-order chi connectivity index (χ0) is 19.5. The third-order valence-corrected chi connectivity index (χ3v) is 5.57. The molecule has 1 saturated carbocycles. The third-order valence-electron chi connectivity index (χ3n) is 5.57. The van der Waals surface area contributed by atoms with Crippen LogP contribution in [0.5, 0.6) is 0 Å². The van der Waals surface area contributed by atoms with Gasteiger partial charge >= 0.3 is 0 Å². The Bertz CT molecular complexity index is 945. The predicted molar refractivity (Wildman–Crippen MR) is 120 cm³/mol. The van der Waals surface area contributed by atoms with E-state index in [-0.39, 0.29) is 0 Å². The molecule has 5 rings (SSSR count). The average molecular weight is 386 g/mol. The van der Waals surface area contributed by atoms with Gasteiger partial charge in [-0.2, -0.15) is 4.98 Å². The molecule has 2 aromatic carbocycles. The molecule has 1 saturated heterocycles. The lowest BCUT2D eigenvalue weighted by atomic mass is 10.1. The quantitative estimate of drug-likeness (QED) is 0.591. The Morgan fingerprint density at radius 2 is 1.59 bits per heavy atom. The standard InChI is InChI=1S/C24H27N5/c1-3-7-18(8-4-1)22-17-23(28-24(27-22)26-20-9-10-20)25-19-11-13-21(14-12-19)29-15-5-2-6-16-29/h1,3-4,7-8,11-14,17,20H,2,5-6,9-10,15-16H2,(H2,25,26,27,28). The topological polar surface area (TPSA) is 53.1 Å². The van der Waals surface area contributed by atoms with E-state index < -0.39 is 0 Å². The second-order valence-electron chi connectivity index (χ2n) is 7.97. The monoisotopic (exact) mass is 385 g/mol. The molecule has 5 nitrogen and oxygen atoms in total. The summed E-state index contributed by atoms with van der Waals surface area (Å²) in [5.74, 6) is 1.51. The first kappa shape index (κ1) is 18.0. The molecule has 1 aliphatic heterocycles. The summed E-state index contributed by atoms with van der Waals surface area (Å²) in [6.07, 6.45) is 6.32.